The van der Waals surface area contributed by atoms with Gasteiger partial charge in [-0.25, -0.2) is 4.39 Å². The van der Waals surface area contributed by atoms with Crippen molar-refractivity contribution in [2.45, 2.75) is 6.42 Å². The van der Waals surface area contributed by atoms with Crippen molar-refractivity contribution in [3.8, 4) is 0 Å². The summed E-state index contributed by atoms with van der Waals surface area (Å²) in [6.07, 6.45) is 0.873. The molecule has 2 N–H and O–H groups in total. The van der Waals surface area contributed by atoms with Crippen LogP contribution in [0.3, 0.4) is 0 Å². The molecule has 1 amide bonds. The summed E-state index contributed by atoms with van der Waals surface area (Å²) in [5.41, 5.74) is 0.0784. The molecular weight excluding hydrogens is 361 g/mol. The molecule has 0 radical (unpaired) electrons. The fourth-order valence-electron chi connectivity index (χ4n) is 2.24. The van der Waals surface area contributed by atoms with Gasteiger partial charge in [0.15, 0.2) is 0 Å². The van der Waals surface area contributed by atoms with Crippen LogP contribution in [0.5, 0.6) is 0 Å². The fourth-order valence-corrected chi connectivity index (χ4v) is 2.76. The van der Waals surface area contributed by atoms with E-state index in [0.29, 0.717) is 11.0 Å². The lowest BCUT2D eigenvalue weighted by Gasteiger charge is -2.27. The molecule has 0 atom stereocenters. The molecule has 7 heteroatoms. The molecule has 118 valence electrons. The van der Waals surface area contributed by atoms with Gasteiger partial charge >= 0.3 is 0 Å². The number of amides is 1. The third-order valence-corrected chi connectivity index (χ3v) is 4.00. The molecule has 1 heterocycles. The Bertz CT molecular complexity index is 449. The maximum absolute atomic E-state index is 13.6. The summed E-state index contributed by atoms with van der Waals surface area (Å²) in [5, 5.41) is 6.07. The number of carbonyl (C=O) groups excluding carboxylic acids is 1. The number of carbonyl (C=O) groups is 1. The van der Waals surface area contributed by atoms with Gasteiger partial charge < -0.3 is 15.5 Å². The molecular formula is C14H20BrClFN3O. The molecule has 1 fully saturated rings. The minimum atomic E-state index is -0.501. The Morgan fingerprint density at radius 2 is 2.10 bits per heavy atom. The van der Waals surface area contributed by atoms with Gasteiger partial charge in [-0.05, 0) is 41.0 Å². The molecule has 4 nitrogen and oxygen atoms in total. The standard InChI is InChI=1S/C14H19BrFN3O.ClH/c15-11-3-1-4-12(16)13(11)14(20)18-5-2-8-19-9-6-17-7-10-19;/h1,3-4,17H,2,5-10H2,(H,18,20);1H. The Hall–Kier alpha value is -0.690. The van der Waals surface area contributed by atoms with Gasteiger partial charge in [-0.1, -0.05) is 6.07 Å². The summed E-state index contributed by atoms with van der Waals surface area (Å²) in [6.45, 7) is 5.66. The normalized spacial score (nSPS) is 15.3. The Morgan fingerprint density at radius 1 is 1.38 bits per heavy atom. The van der Waals surface area contributed by atoms with Crippen LogP contribution >= 0.6 is 28.3 Å². The topological polar surface area (TPSA) is 44.4 Å². The van der Waals surface area contributed by atoms with Gasteiger partial charge in [0.1, 0.15) is 5.82 Å². The molecule has 0 aliphatic carbocycles. The molecule has 1 saturated heterocycles. The molecule has 1 aliphatic heterocycles. The molecule has 0 saturated carbocycles. The smallest absolute Gasteiger partial charge is 0.255 e. The van der Waals surface area contributed by atoms with E-state index in [9.17, 15) is 9.18 Å². The first-order valence-corrected chi connectivity index (χ1v) is 7.63. The first-order chi connectivity index (χ1) is 9.68. The summed E-state index contributed by atoms with van der Waals surface area (Å²) >= 11 is 3.20. The molecule has 2 rings (SSSR count). The van der Waals surface area contributed by atoms with Gasteiger partial charge in [-0.2, -0.15) is 0 Å². The predicted molar refractivity (Wildman–Crippen MR) is 87.6 cm³/mol. The zero-order chi connectivity index (χ0) is 14.4. The maximum Gasteiger partial charge on any atom is 0.255 e. The van der Waals surface area contributed by atoms with Crippen molar-refractivity contribution in [3.63, 3.8) is 0 Å². The molecule has 21 heavy (non-hydrogen) atoms. The van der Waals surface area contributed by atoms with Crippen LogP contribution in [0.25, 0.3) is 0 Å². The Morgan fingerprint density at radius 3 is 2.76 bits per heavy atom. The number of benzene rings is 1. The van der Waals surface area contributed by atoms with E-state index >= 15 is 0 Å². The van der Waals surface area contributed by atoms with Crippen LogP contribution in [0.1, 0.15) is 16.8 Å². The lowest BCUT2D eigenvalue weighted by Crippen LogP contribution is -2.44. The van der Waals surface area contributed by atoms with Crippen molar-refractivity contribution >= 4 is 34.2 Å². The predicted octanol–water partition coefficient (Wildman–Crippen LogP) is 2.04. The van der Waals surface area contributed by atoms with E-state index in [-0.39, 0.29) is 23.9 Å². The number of piperazine rings is 1. The zero-order valence-corrected chi connectivity index (χ0v) is 14.1. The van der Waals surface area contributed by atoms with E-state index in [1.807, 2.05) is 0 Å². The first kappa shape index (κ1) is 18.4. The number of halogens is 3. The highest BCUT2D eigenvalue weighted by atomic mass is 79.9. The molecule has 0 unspecified atom stereocenters. The van der Waals surface area contributed by atoms with Crippen LogP contribution in [0.4, 0.5) is 4.39 Å². The molecule has 0 spiro atoms. The monoisotopic (exact) mass is 379 g/mol. The van der Waals surface area contributed by atoms with Crippen molar-refractivity contribution in [2.75, 3.05) is 39.3 Å². The van der Waals surface area contributed by atoms with E-state index in [1.165, 1.54) is 6.07 Å². The highest BCUT2D eigenvalue weighted by Gasteiger charge is 2.15. The van der Waals surface area contributed by atoms with E-state index in [1.54, 1.807) is 12.1 Å². The number of nitrogens with one attached hydrogen (secondary N) is 2. The number of hydrogen-bond donors (Lipinski definition) is 2. The van der Waals surface area contributed by atoms with Gasteiger partial charge in [0, 0.05) is 37.2 Å². The maximum atomic E-state index is 13.6. The van der Waals surface area contributed by atoms with E-state index in [4.69, 9.17) is 0 Å². The van der Waals surface area contributed by atoms with Crippen molar-refractivity contribution in [1.82, 2.24) is 15.5 Å². The van der Waals surface area contributed by atoms with Crippen molar-refractivity contribution in [2.24, 2.45) is 0 Å². The number of nitrogens with zero attached hydrogens (tertiary/aromatic N) is 1. The fraction of sp³-hybridized carbons (Fsp3) is 0.500. The van der Waals surface area contributed by atoms with Crippen molar-refractivity contribution < 1.29 is 9.18 Å². The van der Waals surface area contributed by atoms with Gasteiger partial charge in [0.2, 0.25) is 0 Å². The minimum absolute atomic E-state index is 0. The third kappa shape index (κ3) is 5.54. The minimum Gasteiger partial charge on any atom is -0.352 e. The van der Waals surface area contributed by atoms with Gasteiger partial charge in [0.05, 0.1) is 5.56 Å². The average molecular weight is 381 g/mol. The summed E-state index contributed by atoms with van der Waals surface area (Å²) in [5.74, 6) is -0.866. The number of rotatable bonds is 5. The second-order valence-electron chi connectivity index (χ2n) is 4.80. The molecule has 1 aromatic rings. The Kier molecular flexibility index (Phi) is 8.18. The van der Waals surface area contributed by atoms with E-state index < -0.39 is 5.82 Å². The van der Waals surface area contributed by atoms with Crippen LogP contribution in [-0.4, -0.2) is 50.1 Å². The molecule has 1 aromatic carbocycles. The second kappa shape index (κ2) is 9.35. The highest BCUT2D eigenvalue weighted by Crippen LogP contribution is 2.19. The average Bonchev–Trinajstić information content (AvgIpc) is 2.44. The Balaban J connectivity index is 0.00000220. The summed E-state index contributed by atoms with van der Waals surface area (Å²) in [7, 11) is 0. The van der Waals surface area contributed by atoms with Crippen LogP contribution in [0.2, 0.25) is 0 Å². The second-order valence-corrected chi connectivity index (χ2v) is 5.65. The van der Waals surface area contributed by atoms with E-state index in [2.05, 4.69) is 31.5 Å². The molecule has 0 bridgehead atoms. The molecule has 1 aliphatic rings. The SMILES string of the molecule is Cl.O=C(NCCCN1CCNCC1)c1c(F)cccc1Br. The van der Waals surface area contributed by atoms with Crippen LogP contribution in [0.15, 0.2) is 22.7 Å². The van der Waals surface area contributed by atoms with Crippen LogP contribution in [-0.2, 0) is 0 Å². The van der Waals surface area contributed by atoms with Gasteiger partial charge in [-0.15, -0.1) is 12.4 Å². The van der Waals surface area contributed by atoms with Crippen molar-refractivity contribution in [1.29, 1.82) is 0 Å². The third-order valence-electron chi connectivity index (χ3n) is 3.34. The van der Waals surface area contributed by atoms with Crippen LogP contribution < -0.4 is 10.6 Å². The molecule has 0 aromatic heterocycles. The quantitative estimate of drug-likeness (QED) is 0.768. The lowest BCUT2D eigenvalue weighted by atomic mass is 10.2. The largest absolute Gasteiger partial charge is 0.352 e. The summed E-state index contributed by atoms with van der Waals surface area (Å²) < 4.78 is 14.1. The highest BCUT2D eigenvalue weighted by molar-refractivity contribution is 9.10. The van der Waals surface area contributed by atoms with E-state index in [0.717, 1.165) is 39.1 Å². The van der Waals surface area contributed by atoms with Crippen LogP contribution in [0, 0.1) is 5.82 Å². The van der Waals surface area contributed by atoms with Gasteiger partial charge in [0.25, 0.3) is 5.91 Å². The Labute approximate surface area is 139 Å². The summed E-state index contributed by atoms with van der Waals surface area (Å²) in [6, 6.07) is 4.53. The van der Waals surface area contributed by atoms with Gasteiger partial charge in [-0.3, -0.25) is 4.79 Å². The van der Waals surface area contributed by atoms with Crippen molar-refractivity contribution in [3.05, 3.63) is 34.1 Å². The zero-order valence-electron chi connectivity index (χ0n) is 11.7. The lowest BCUT2D eigenvalue weighted by molar-refractivity contribution is 0.0946. The summed E-state index contributed by atoms with van der Waals surface area (Å²) in [4.78, 5) is 14.3. The first-order valence-electron chi connectivity index (χ1n) is 6.84. The number of hydrogen-bond acceptors (Lipinski definition) is 3.